The monoisotopic (exact) mass is 490 g/mol. The molecule has 0 saturated heterocycles. The molecule has 0 atom stereocenters. The van der Waals surface area contributed by atoms with E-state index in [4.69, 9.17) is 34.8 Å². The lowest BCUT2D eigenvalue weighted by molar-refractivity contribution is 0.696. The predicted octanol–water partition coefficient (Wildman–Crippen LogP) is 6.10. The summed E-state index contributed by atoms with van der Waals surface area (Å²) in [5.74, 6) is 0. The van der Waals surface area contributed by atoms with Crippen molar-refractivity contribution < 1.29 is 0 Å². The van der Waals surface area contributed by atoms with Crippen LogP contribution < -0.4 is 11.2 Å². The Morgan fingerprint density at radius 2 is 1.71 bits per heavy atom. The highest BCUT2D eigenvalue weighted by Gasteiger charge is 2.24. The van der Waals surface area contributed by atoms with E-state index in [2.05, 4.69) is 0 Å². The van der Waals surface area contributed by atoms with Crippen molar-refractivity contribution in [3.8, 4) is 5.69 Å². The van der Waals surface area contributed by atoms with Crippen LogP contribution in [0, 0.1) is 0 Å². The van der Waals surface area contributed by atoms with Gasteiger partial charge in [0.15, 0.2) is 0 Å². The molecule has 31 heavy (non-hydrogen) atoms. The Bertz CT molecular complexity index is 1450. The molecule has 0 N–H and O–H groups in total. The average molecular weight is 492 g/mol. The molecule has 2 aromatic carbocycles. The van der Waals surface area contributed by atoms with Gasteiger partial charge in [0.1, 0.15) is 4.83 Å². The standard InChI is InChI=1S/C23H17Cl3N2O2S/c24-14-4-3-5-16(10-14)28-21(29)20-17-6-1-2-7-19(17)31-22(20)27(23(28)30)12-13-8-9-15(25)11-18(13)26/h3-5,8-11H,1-2,6-7,12H2. The molecular formula is C23H17Cl3N2O2S. The largest absolute Gasteiger partial charge is 0.337 e. The first-order chi connectivity index (χ1) is 14.9. The smallest absolute Gasteiger partial charge is 0.279 e. The maximum atomic E-state index is 13.6. The molecule has 0 unspecified atom stereocenters. The minimum Gasteiger partial charge on any atom is -0.279 e. The molecule has 0 saturated carbocycles. The fraction of sp³-hybridized carbons (Fsp3) is 0.217. The second-order valence-corrected chi connectivity index (χ2v) is 9.98. The predicted molar refractivity (Wildman–Crippen MR) is 129 cm³/mol. The summed E-state index contributed by atoms with van der Waals surface area (Å²) in [6.45, 7) is 0.242. The normalized spacial score (nSPS) is 13.5. The number of hydrogen-bond acceptors (Lipinski definition) is 3. The van der Waals surface area contributed by atoms with Gasteiger partial charge in [-0.25, -0.2) is 9.36 Å². The number of halogens is 3. The van der Waals surface area contributed by atoms with Gasteiger partial charge in [-0.3, -0.25) is 9.36 Å². The molecule has 0 aliphatic heterocycles. The number of benzene rings is 2. The molecule has 0 radical (unpaired) electrons. The van der Waals surface area contributed by atoms with Crippen LogP contribution in [0.15, 0.2) is 52.1 Å². The lowest BCUT2D eigenvalue weighted by Gasteiger charge is -2.14. The third-order valence-corrected chi connectivity index (χ3v) is 7.78. The fourth-order valence-corrected chi connectivity index (χ4v) is 6.20. The first-order valence-electron chi connectivity index (χ1n) is 9.94. The fourth-order valence-electron chi connectivity index (χ4n) is 4.17. The van der Waals surface area contributed by atoms with Gasteiger partial charge in [0.05, 0.1) is 17.6 Å². The van der Waals surface area contributed by atoms with E-state index in [9.17, 15) is 9.59 Å². The molecule has 2 heterocycles. The highest BCUT2D eigenvalue weighted by Crippen LogP contribution is 2.35. The Hall–Kier alpha value is -2.05. The van der Waals surface area contributed by atoms with Gasteiger partial charge in [0.2, 0.25) is 0 Å². The highest BCUT2D eigenvalue weighted by molar-refractivity contribution is 7.18. The zero-order valence-corrected chi connectivity index (χ0v) is 19.4. The number of aryl methyl sites for hydroxylation is 2. The molecule has 8 heteroatoms. The first kappa shape index (κ1) is 20.8. The Balaban J connectivity index is 1.84. The average Bonchev–Trinajstić information content (AvgIpc) is 3.12. The zero-order valence-electron chi connectivity index (χ0n) is 16.3. The van der Waals surface area contributed by atoms with Crippen LogP contribution in [-0.4, -0.2) is 9.13 Å². The van der Waals surface area contributed by atoms with Gasteiger partial charge in [0, 0.05) is 19.9 Å². The molecule has 2 aromatic heterocycles. The van der Waals surface area contributed by atoms with Gasteiger partial charge in [-0.15, -0.1) is 11.3 Å². The van der Waals surface area contributed by atoms with Crippen LogP contribution in [0.4, 0.5) is 0 Å². The number of rotatable bonds is 3. The molecule has 1 aliphatic carbocycles. The van der Waals surface area contributed by atoms with Gasteiger partial charge in [-0.05, 0) is 67.1 Å². The third kappa shape index (κ3) is 3.64. The molecule has 0 fully saturated rings. The lowest BCUT2D eigenvalue weighted by Crippen LogP contribution is -2.39. The lowest BCUT2D eigenvalue weighted by atomic mass is 9.97. The van der Waals surface area contributed by atoms with Gasteiger partial charge in [-0.1, -0.05) is 46.9 Å². The molecule has 5 rings (SSSR count). The van der Waals surface area contributed by atoms with Crippen molar-refractivity contribution in [2.45, 2.75) is 32.2 Å². The summed E-state index contributed by atoms with van der Waals surface area (Å²) in [5, 5.41) is 2.10. The van der Waals surface area contributed by atoms with Crippen LogP contribution in [0.2, 0.25) is 15.1 Å². The van der Waals surface area contributed by atoms with Crippen LogP contribution in [0.5, 0.6) is 0 Å². The van der Waals surface area contributed by atoms with Crippen LogP contribution in [0.3, 0.4) is 0 Å². The van der Waals surface area contributed by atoms with Crippen LogP contribution in [-0.2, 0) is 19.4 Å². The molecule has 0 amide bonds. The number of nitrogens with zero attached hydrogens (tertiary/aromatic N) is 2. The van der Waals surface area contributed by atoms with Crippen LogP contribution in [0.25, 0.3) is 15.9 Å². The molecule has 1 aliphatic rings. The SMILES string of the molecule is O=c1c2c3c(sc2n(Cc2ccc(Cl)cc2Cl)c(=O)n1-c1cccc(Cl)c1)CCCC3. The van der Waals surface area contributed by atoms with E-state index in [-0.39, 0.29) is 12.1 Å². The van der Waals surface area contributed by atoms with Crippen molar-refractivity contribution >= 4 is 56.4 Å². The number of thiophene rings is 1. The van der Waals surface area contributed by atoms with Crippen molar-refractivity contribution in [2.75, 3.05) is 0 Å². The molecule has 4 aromatic rings. The molecule has 4 nitrogen and oxygen atoms in total. The van der Waals surface area contributed by atoms with Crippen molar-refractivity contribution in [2.24, 2.45) is 0 Å². The summed E-state index contributed by atoms with van der Waals surface area (Å²) in [6, 6.07) is 12.0. The van der Waals surface area contributed by atoms with E-state index >= 15 is 0 Å². The van der Waals surface area contributed by atoms with Crippen molar-refractivity contribution in [1.29, 1.82) is 0 Å². The Labute approximate surface area is 197 Å². The van der Waals surface area contributed by atoms with E-state index in [1.165, 1.54) is 9.44 Å². The summed E-state index contributed by atoms with van der Waals surface area (Å²) < 4.78 is 2.87. The van der Waals surface area contributed by atoms with E-state index in [0.29, 0.717) is 31.0 Å². The summed E-state index contributed by atoms with van der Waals surface area (Å²) >= 11 is 20.2. The first-order valence-corrected chi connectivity index (χ1v) is 11.9. The minimum atomic E-state index is -0.413. The van der Waals surface area contributed by atoms with E-state index in [1.807, 2.05) is 6.07 Å². The topological polar surface area (TPSA) is 44.0 Å². The van der Waals surface area contributed by atoms with E-state index in [1.54, 1.807) is 52.3 Å². The second-order valence-electron chi connectivity index (χ2n) is 7.62. The highest BCUT2D eigenvalue weighted by atomic mass is 35.5. The maximum Gasteiger partial charge on any atom is 0.337 e. The zero-order chi connectivity index (χ0) is 21.7. The van der Waals surface area contributed by atoms with Crippen molar-refractivity contribution in [1.82, 2.24) is 9.13 Å². The van der Waals surface area contributed by atoms with Crippen molar-refractivity contribution in [3.63, 3.8) is 0 Å². The van der Waals surface area contributed by atoms with Crippen molar-refractivity contribution in [3.05, 3.63) is 94.4 Å². The summed E-state index contributed by atoms with van der Waals surface area (Å²) in [4.78, 5) is 29.1. The van der Waals surface area contributed by atoms with E-state index in [0.717, 1.165) is 36.8 Å². The maximum absolute atomic E-state index is 13.6. The second kappa shape index (κ2) is 8.14. The number of hydrogen-bond donors (Lipinski definition) is 0. The summed E-state index contributed by atoms with van der Waals surface area (Å²) in [5.41, 5.74) is 1.58. The Kier molecular flexibility index (Phi) is 5.47. The van der Waals surface area contributed by atoms with Gasteiger partial charge >= 0.3 is 5.69 Å². The van der Waals surface area contributed by atoms with E-state index < -0.39 is 5.69 Å². The molecule has 0 bridgehead atoms. The van der Waals surface area contributed by atoms with Crippen LogP contribution in [0.1, 0.15) is 28.8 Å². The minimum absolute atomic E-state index is 0.242. The Morgan fingerprint density at radius 1 is 0.935 bits per heavy atom. The Morgan fingerprint density at radius 3 is 2.48 bits per heavy atom. The molecule has 0 spiro atoms. The van der Waals surface area contributed by atoms with Gasteiger partial charge in [-0.2, -0.15) is 0 Å². The number of aromatic nitrogens is 2. The molecule has 158 valence electrons. The van der Waals surface area contributed by atoms with Gasteiger partial charge < -0.3 is 0 Å². The quantitative estimate of drug-likeness (QED) is 0.347. The van der Waals surface area contributed by atoms with Gasteiger partial charge in [0.25, 0.3) is 5.56 Å². The van der Waals surface area contributed by atoms with Crippen LogP contribution >= 0.6 is 46.1 Å². The summed E-state index contributed by atoms with van der Waals surface area (Å²) in [6.07, 6.45) is 3.91. The third-order valence-electron chi connectivity index (χ3n) is 5.65. The number of fused-ring (bicyclic) bond motifs is 3. The summed E-state index contributed by atoms with van der Waals surface area (Å²) in [7, 11) is 0. The molecular weight excluding hydrogens is 475 g/mol.